The molecule has 0 bridgehead atoms. The van der Waals surface area contributed by atoms with Gasteiger partial charge in [0, 0.05) is 0 Å². The molecule has 0 radical (unpaired) electrons. The van der Waals surface area contributed by atoms with E-state index in [1.165, 1.54) is 44.5 Å². The van der Waals surface area contributed by atoms with Gasteiger partial charge in [0.25, 0.3) is 0 Å². The molecular formula is C24H24O. The third-order valence-corrected chi connectivity index (χ3v) is 4.93. The third kappa shape index (κ3) is 3.01. The summed E-state index contributed by atoms with van der Waals surface area (Å²) in [4.78, 5) is 0. The highest BCUT2D eigenvalue weighted by Crippen LogP contribution is 2.46. The smallest absolute Gasteiger partial charge is 0.109 e. The minimum atomic E-state index is 0.000573. The maximum atomic E-state index is 6.62. The van der Waals surface area contributed by atoms with E-state index in [4.69, 9.17) is 4.74 Å². The van der Waals surface area contributed by atoms with Crippen LogP contribution in [0.3, 0.4) is 0 Å². The fourth-order valence-electron chi connectivity index (χ4n) is 4.11. The van der Waals surface area contributed by atoms with Crippen molar-refractivity contribution in [2.24, 2.45) is 0 Å². The normalized spacial score (nSPS) is 19.0. The first-order valence-corrected chi connectivity index (χ1v) is 8.92. The number of ether oxygens (including phenoxy) is 1. The summed E-state index contributed by atoms with van der Waals surface area (Å²) in [5.41, 5.74) is 10.2. The first-order chi connectivity index (χ1) is 12.0. The number of fused-ring (bicyclic) bond motifs is 1. The van der Waals surface area contributed by atoms with Crippen LogP contribution in [0.1, 0.15) is 56.7 Å². The molecule has 0 aliphatic carbocycles. The van der Waals surface area contributed by atoms with Crippen molar-refractivity contribution in [1.82, 2.24) is 0 Å². The van der Waals surface area contributed by atoms with E-state index >= 15 is 0 Å². The van der Waals surface area contributed by atoms with Gasteiger partial charge in [-0.3, -0.25) is 0 Å². The van der Waals surface area contributed by atoms with E-state index in [1.807, 2.05) is 0 Å². The first-order valence-electron chi connectivity index (χ1n) is 8.92. The number of aryl methyl sites for hydroxylation is 4. The monoisotopic (exact) mass is 328 g/mol. The fourth-order valence-corrected chi connectivity index (χ4v) is 4.11. The van der Waals surface area contributed by atoms with Gasteiger partial charge in [-0.25, -0.2) is 0 Å². The molecule has 1 aliphatic rings. The molecule has 1 aliphatic heterocycles. The molecule has 1 heteroatoms. The summed E-state index contributed by atoms with van der Waals surface area (Å²) in [7, 11) is 0. The van der Waals surface area contributed by atoms with Crippen molar-refractivity contribution in [3.05, 3.63) is 105 Å². The Hall–Kier alpha value is -2.38. The van der Waals surface area contributed by atoms with Gasteiger partial charge in [0.1, 0.15) is 12.2 Å². The number of benzene rings is 3. The predicted molar refractivity (Wildman–Crippen MR) is 103 cm³/mol. The average Bonchev–Trinajstić information content (AvgIpc) is 2.93. The predicted octanol–water partition coefficient (Wildman–Crippen LogP) is 6.13. The molecule has 1 nitrogen and oxygen atoms in total. The van der Waals surface area contributed by atoms with Gasteiger partial charge in [0.2, 0.25) is 0 Å². The quantitative estimate of drug-likeness (QED) is 0.550. The highest BCUT2D eigenvalue weighted by atomic mass is 16.5. The summed E-state index contributed by atoms with van der Waals surface area (Å²) in [5, 5.41) is 0. The lowest BCUT2D eigenvalue weighted by molar-refractivity contribution is 0.0581. The van der Waals surface area contributed by atoms with E-state index in [0.717, 1.165) is 0 Å². The van der Waals surface area contributed by atoms with E-state index in [1.54, 1.807) is 0 Å². The van der Waals surface area contributed by atoms with Crippen molar-refractivity contribution in [3.63, 3.8) is 0 Å². The molecule has 3 aromatic rings. The van der Waals surface area contributed by atoms with Crippen LogP contribution in [0.15, 0.2) is 60.7 Å². The van der Waals surface area contributed by atoms with Crippen LogP contribution in [0.5, 0.6) is 0 Å². The molecule has 0 amide bonds. The molecule has 0 saturated heterocycles. The maximum absolute atomic E-state index is 6.62. The van der Waals surface area contributed by atoms with E-state index in [2.05, 4.69) is 88.4 Å². The highest BCUT2D eigenvalue weighted by molar-refractivity contribution is 5.47. The summed E-state index contributed by atoms with van der Waals surface area (Å²) in [6.45, 7) is 8.61. The van der Waals surface area contributed by atoms with Gasteiger partial charge in [-0.1, -0.05) is 82.9 Å². The van der Waals surface area contributed by atoms with Crippen LogP contribution in [0.2, 0.25) is 0 Å². The number of rotatable bonds is 2. The molecule has 0 saturated carbocycles. The van der Waals surface area contributed by atoms with E-state index < -0.39 is 0 Å². The lowest BCUT2D eigenvalue weighted by Crippen LogP contribution is -2.03. The van der Waals surface area contributed by atoms with E-state index in [-0.39, 0.29) is 12.2 Å². The molecule has 25 heavy (non-hydrogen) atoms. The largest absolute Gasteiger partial charge is 0.356 e. The summed E-state index contributed by atoms with van der Waals surface area (Å²) in [5.74, 6) is 0. The van der Waals surface area contributed by atoms with Gasteiger partial charge < -0.3 is 4.74 Å². The van der Waals surface area contributed by atoms with Crippen LogP contribution < -0.4 is 0 Å². The van der Waals surface area contributed by atoms with Crippen molar-refractivity contribution < 1.29 is 4.74 Å². The first kappa shape index (κ1) is 16.1. The molecule has 0 spiro atoms. The summed E-state index contributed by atoms with van der Waals surface area (Å²) in [6, 6.07) is 22.1. The second-order valence-corrected chi connectivity index (χ2v) is 7.37. The summed E-state index contributed by atoms with van der Waals surface area (Å²) >= 11 is 0. The van der Waals surface area contributed by atoms with Crippen molar-refractivity contribution in [3.8, 4) is 0 Å². The Balaban J connectivity index is 1.82. The van der Waals surface area contributed by atoms with Crippen molar-refractivity contribution >= 4 is 0 Å². The van der Waals surface area contributed by atoms with Crippen LogP contribution in [-0.4, -0.2) is 0 Å². The molecule has 0 fully saturated rings. The van der Waals surface area contributed by atoms with Crippen LogP contribution in [0.25, 0.3) is 0 Å². The van der Waals surface area contributed by atoms with E-state index in [9.17, 15) is 0 Å². The summed E-state index contributed by atoms with van der Waals surface area (Å²) < 4.78 is 6.62. The molecule has 2 atom stereocenters. The van der Waals surface area contributed by atoms with Gasteiger partial charge in [-0.15, -0.1) is 0 Å². The molecule has 126 valence electrons. The maximum Gasteiger partial charge on any atom is 0.109 e. The standard InChI is InChI=1S/C24H24O/c1-15-9-16(2)12-19(11-15)23-21-7-5-6-8-22(21)24(25-23)20-13-17(3)10-18(4)14-20/h5-14,23-24H,1-4H3. The van der Waals surface area contributed by atoms with Crippen molar-refractivity contribution in [2.75, 3.05) is 0 Å². The Labute approximate surface area is 150 Å². The van der Waals surface area contributed by atoms with Crippen LogP contribution in [0, 0.1) is 27.7 Å². The minimum Gasteiger partial charge on any atom is -0.356 e. The second-order valence-electron chi connectivity index (χ2n) is 7.37. The number of hydrogen-bond donors (Lipinski definition) is 0. The molecule has 3 aromatic carbocycles. The molecular weight excluding hydrogens is 304 g/mol. The Morgan fingerprint density at radius 1 is 0.560 bits per heavy atom. The zero-order chi connectivity index (χ0) is 17.6. The van der Waals surface area contributed by atoms with Gasteiger partial charge in [0.05, 0.1) is 0 Å². The highest BCUT2D eigenvalue weighted by Gasteiger charge is 2.33. The SMILES string of the molecule is Cc1cc(C)cc(C2OC(c3cc(C)cc(C)c3)c3ccccc32)c1. The van der Waals surface area contributed by atoms with Gasteiger partial charge in [-0.2, -0.15) is 0 Å². The topological polar surface area (TPSA) is 9.23 Å². The van der Waals surface area contributed by atoms with Crippen LogP contribution in [-0.2, 0) is 4.74 Å². The zero-order valence-corrected chi connectivity index (χ0v) is 15.3. The summed E-state index contributed by atoms with van der Waals surface area (Å²) in [6.07, 6.45) is 0.00115. The zero-order valence-electron chi connectivity index (χ0n) is 15.3. The third-order valence-electron chi connectivity index (χ3n) is 4.93. The van der Waals surface area contributed by atoms with Gasteiger partial charge >= 0.3 is 0 Å². The lowest BCUT2D eigenvalue weighted by Gasteiger charge is -2.17. The molecule has 0 aromatic heterocycles. The van der Waals surface area contributed by atoms with Crippen LogP contribution >= 0.6 is 0 Å². The van der Waals surface area contributed by atoms with Crippen molar-refractivity contribution in [1.29, 1.82) is 0 Å². The molecule has 0 N–H and O–H groups in total. The van der Waals surface area contributed by atoms with Crippen molar-refractivity contribution in [2.45, 2.75) is 39.9 Å². The van der Waals surface area contributed by atoms with Gasteiger partial charge in [0.15, 0.2) is 0 Å². The van der Waals surface area contributed by atoms with Gasteiger partial charge in [-0.05, 0) is 49.9 Å². The molecule has 1 heterocycles. The second kappa shape index (κ2) is 6.16. The van der Waals surface area contributed by atoms with Crippen LogP contribution in [0.4, 0.5) is 0 Å². The fraction of sp³-hybridized carbons (Fsp3) is 0.250. The lowest BCUT2D eigenvalue weighted by atomic mass is 9.93. The Morgan fingerprint density at radius 2 is 0.920 bits per heavy atom. The average molecular weight is 328 g/mol. The molecule has 2 unspecified atom stereocenters. The Bertz CT molecular complexity index is 822. The Kier molecular flexibility index (Phi) is 3.97. The minimum absolute atomic E-state index is 0.000573. The number of hydrogen-bond acceptors (Lipinski definition) is 1. The molecule has 4 rings (SSSR count). The Morgan fingerprint density at radius 3 is 1.28 bits per heavy atom. The van der Waals surface area contributed by atoms with E-state index in [0.29, 0.717) is 0 Å².